The van der Waals surface area contributed by atoms with Crippen molar-refractivity contribution in [3.63, 3.8) is 0 Å². The van der Waals surface area contributed by atoms with E-state index in [-0.39, 0.29) is 29.8 Å². The average molecular weight is 422 g/mol. The Balaban J connectivity index is 1.16. The summed E-state index contributed by atoms with van der Waals surface area (Å²) >= 11 is 0. The molecule has 0 spiro atoms. The summed E-state index contributed by atoms with van der Waals surface area (Å²) in [7, 11) is 2.06. The van der Waals surface area contributed by atoms with Crippen molar-refractivity contribution in [2.45, 2.75) is 50.6 Å². The highest BCUT2D eigenvalue weighted by Crippen LogP contribution is 2.27. The van der Waals surface area contributed by atoms with Crippen LogP contribution in [0.2, 0.25) is 0 Å². The Kier molecular flexibility index (Phi) is 6.92. The molecule has 2 atom stereocenters. The first-order valence-electron chi connectivity index (χ1n) is 11.2. The van der Waals surface area contributed by atoms with E-state index < -0.39 is 0 Å². The molecule has 0 saturated carbocycles. The maximum atomic E-state index is 12.7. The molecule has 0 radical (unpaired) electrons. The quantitative estimate of drug-likeness (QED) is 0.675. The molecule has 2 amide bonds. The van der Waals surface area contributed by atoms with Crippen molar-refractivity contribution in [2.75, 3.05) is 20.1 Å². The van der Waals surface area contributed by atoms with Gasteiger partial charge in [-0.3, -0.25) is 24.5 Å². The molecular weight excluding hydrogens is 390 g/mol. The normalized spacial score (nSPS) is 21.1. The molecule has 164 valence electrons. The van der Waals surface area contributed by atoms with E-state index in [1.807, 2.05) is 12.1 Å². The Labute approximate surface area is 183 Å². The second-order valence-electron chi connectivity index (χ2n) is 8.67. The van der Waals surface area contributed by atoms with E-state index in [0.717, 1.165) is 31.4 Å². The van der Waals surface area contributed by atoms with Crippen molar-refractivity contribution in [1.29, 1.82) is 0 Å². The average Bonchev–Trinajstić information content (AvgIpc) is 3.37. The minimum atomic E-state index is 0.0417. The molecular formula is C24H31N5O2. The lowest BCUT2D eigenvalue weighted by Gasteiger charge is -2.26. The number of fused-ring (bicyclic) bond motifs is 1. The number of hydrogen-bond donors (Lipinski definition) is 2. The number of hydrogen-bond acceptors (Lipinski definition) is 5. The molecule has 2 N–H and O–H groups in total. The molecule has 1 aromatic heterocycles. The summed E-state index contributed by atoms with van der Waals surface area (Å²) in [5, 5.41) is 6.15. The van der Waals surface area contributed by atoms with Crippen LogP contribution < -0.4 is 10.6 Å². The van der Waals surface area contributed by atoms with Gasteiger partial charge < -0.3 is 10.6 Å². The van der Waals surface area contributed by atoms with Crippen molar-refractivity contribution >= 4 is 11.8 Å². The highest BCUT2D eigenvalue weighted by atomic mass is 16.2. The first-order chi connectivity index (χ1) is 15.1. The molecule has 2 aromatic rings. The van der Waals surface area contributed by atoms with E-state index in [4.69, 9.17) is 0 Å². The Morgan fingerprint density at radius 3 is 2.52 bits per heavy atom. The molecule has 4 rings (SSSR count). The highest BCUT2D eigenvalue weighted by Gasteiger charge is 2.33. The number of benzene rings is 1. The number of carbonyl (C=O) groups excluding carboxylic acids is 2. The first kappa shape index (κ1) is 21.4. The molecule has 2 aliphatic rings. The number of rotatable bonds is 8. The SMILES string of the molecule is CN1[C@@H](CC(=O)NCCc2cnccn2)CC[C@H]1CNC(=O)C1Cc2ccccc2C1. The Morgan fingerprint density at radius 2 is 1.81 bits per heavy atom. The van der Waals surface area contributed by atoms with E-state index in [1.54, 1.807) is 18.6 Å². The molecule has 7 heteroatoms. The Bertz CT molecular complexity index is 879. The lowest BCUT2D eigenvalue weighted by molar-refractivity contribution is -0.125. The summed E-state index contributed by atoms with van der Waals surface area (Å²) in [5.41, 5.74) is 3.47. The molecule has 1 aliphatic carbocycles. The standard InChI is InChI=1S/C24H31N5O2/c1-29-21(14-23(30)27-9-8-20-15-25-10-11-26-20)6-7-22(29)16-28-24(31)19-12-17-4-2-3-5-18(17)13-19/h2-5,10-11,15,19,21-22H,6-9,12-14,16H2,1H3,(H,27,30)(H,28,31)/t21-,22+/m1/s1. The van der Waals surface area contributed by atoms with Gasteiger partial charge in [0.05, 0.1) is 5.69 Å². The third-order valence-electron chi connectivity index (χ3n) is 6.66. The number of nitrogens with one attached hydrogen (secondary N) is 2. The Hall–Kier alpha value is -2.80. The van der Waals surface area contributed by atoms with Crippen molar-refractivity contribution < 1.29 is 9.59 Å². The van der Waals surface area contributed by atoms with Crippen LogP contribution in [0.1, 0.15) is 36.1 Å². The Morgan fingerprint density at radius 1 is 1.06 bits per heavy atom. The van der Waals surface area contributed by atoms with Gasteiger partial charge in [0.25, 0.3) is 0 Å². The fraction of sp³-hybridized carbons (Fsp3) is 0.500. The summed E-state index contributed by atoms with van der Waals surface area (Å²) in [6, 6.07) is 8.82. The van der Waals surface area contributed by atoms with E-state index >= 15 is 0 Å². The van der Waals surface area contributed by atoms with Crippen LogP contribution in [0.25, 0.3) is 0 Å². The zero-order valence-electron chi connectivity index (χ0n) is 18.1. The van der Waals surface area contributed by atoms with Crippen molar-refractivity contribution in [3.05, 3.63) is 59.7 Å². The van der Waals surface area contributed by atoms with Gasteiger partial charge in [0.15, 0.2) is 0 Å². The predicted octanol–water partition coefficient (Wildman–Crippen LogP) is 1.52. The highest BCUT2D eigenvalue weighted by molar-refractivity contribution is 5.80. The molecule has 1 fully saturated rings. The van der Waals surface area contributed by atoms with Gasteiger partial charge in [0, 0.05) is 62.5 Å². The van der Waals surface area contributed by atoms with Gasteiger partial charge in [-0.25, -0.2) is 0 Å². The lowest BCUT2D eigenvalue weighted by Crippen LogP contribution is -2.44. The summed E-state index contributed by atoms with van der Waals surface area (Å²) in [6.45, 7) is 1.21. The minimum Gasteiger partial charge on any atom is -0.356 e. The fourth-order valence-corrected chi connectivity index (χ4v) is 4.76. The van der Waals surface area contributed by atoms with Gasteiger partial charge in [0.2, 0.25) is 11.8 Å². The smallest absolute Gasteiger partial charge is 0.223 e. The molecule has 2 heterocycles. The van der Waals surface area contributed by atoms with E-state index in [1.165, 1.54) is 11.1 Å². The van der Waals surface area contributed by atoms with Gasteiger partial charge in [-0.2, -0.15) is 0 Å². The number of likely N-dealkylation sites (tertiary alicyclic amines) is 1. The van der Waals surface area contributed by atoms with Gasteiger partial charge in [-0.15, -0.1) is 0 Å². The maximum absolute atomic E-state index is 12.7. The zero-order valence-corrected chi connectivity index (χ0v) is 18.1. The second kappa shape index (κ2) is 10.0. The molecule has 0 bridgehead atoms. The number of aromatic nitrogens is 2. The second-order valence-corrected chi connectivity index (χ2v) is 8.67. The number of likely N-dealkylation sites (N-methyl/N-ethyl adjacent to an activating group) is 1. The zero-order chi connectivity index (χ0) is 21.6. The van der Waals surface area contributed by atoms with Crippen LogP contribution in [0, 0.1) is 5.92 Å². The predicted molar refractivity (Wildman–Crippen MR) is 118 cm³/mol. The maximum Gasteiger partial charge on any atom is 0.223 e. The number of nitrogens with zero attached hydrogens (tertiary/aromatic N) is 3. The van der Waals surface area contributed by atoms with Crippen LogP contribution in [0.5, 0.6) is 0 Å². The minimum absolute atomic E-state index is 0.0417. The topological polar surface area (TPSA) is 87.2 Å². The van der Waals surface area contributed by atoms with Gasteiger partial charge in [-0.1, -0.05) is 24.3 Å². The first-order valence-corrected chi connectivity index (χ1v) is 11.2. The largest absolute Gasteiger partial charge is 0.356 e. The van der Waals surface area contributed by atoms with Crippen LogP contribution in [0.4, 0.5) is 0 Å². The van der Waals surface area contributed by atoms with Crippen LogP contribution >= 0.6 is 0 Å². The van der Waals surface area contributed by atoms with E-state index in [2.05, 4.69) is 44.7 Å². The van der Waals surface area contributed by atoms with Crippen LogP contribution in [0.15, 0.2) is 42.9 Å². The summed E-state index contributed by atoms with van der Waals surface area (Å²) < 4.78 is 0. The fourth-order valence-electron chi connectivity index (χ4n) is 4.76. The molecule has 0 unspecified atom stereocenters. The van der Waals surface area contributed by atoms with Crippen LogP contribution in [0.3, 0.4) is 0 Å². The molecule has 7 nitrogen and oxygen atoms in total. The summed E-state index contributed by atoms with van der Waals surface area (Å²) in [5.74, 6) is 0.254. The molecule has 31 heavy (non-hydrogen) atoms. The van der Waals surface area contributed by atoms with Crippen molar-refractivity contribution in [1.82, 2.24) is 25.5 Å². The number of carbonyl (C=O) groups is 2. The monoisotopic (exact) mass is 421 g/mol. The number of amides is 2. The van der Waals surface area contributed by atoms with Crippen LogP contribution in [-0.2, 0) is 28.9 Å². The van der Waals surface area contributed by atoms with Crippen molar-refractivity contribution in [3.8, 4) is 0 Å². The third kappa shape index (κ3) is 5.47. The van der Waals surface area contributed by atoms with E-state index in [9.17, 15) is 9.59 Å². The van der Waals surface area contributed by atoms with E-state index in [0.29, 0.717) is 25.9 Å². The van der Waals surface area contributed by atoms with Gasteiger partial charge in [0.1, 0.15) is 0 Å². The van der Waals surface area contributed by atoms with Crippen molar-refractivity contribution in [2.24, 2.45) is 5.92 Å². The third-order valence-corrected chi connectivity index (χ3v) is 6.66. The van der Waals surface area contributed by atoms with Gasteiger partial charge >= 0.3 is 0 Å². The molecule has 1 aromatic carbocycles. The van der Waals surface area contributed by atoms with Crippen LogP contribution in [-0.4, -0.2) is 58.9 Å². The van der Waals surface area contributed by atoms with Gasteiger partial charge in [-0.05, 0) is 43.9 Å². The molecule has 1 aliphatic heterocycles. The summed E-state index contributed by atoms with van der Waals surface area (Å²) in [6.07, 6.45) is 9.83. The molecule has 1 saturated heterocycles. The lowest BCUT2D eigenvalue weighted by atomic mass is 10.1. The summed E-state index contributed by atoms with van der Waals surface area (Å²) in [4.78, 5) is 35.5.